The fraction of sp³-hybridized carbons (Fsp3) is 0.542. The molecule has 8 nitrogen and oxygen atoms in total. The van der Waals surface area contributed by atoms with Gasteiger partial charge in [0.25, 0.3) is 0 Å². The third-order valence-corrected chi connectivity index (χ3v) is 9.57. The van der Waals surface area contributed by atoms with Crippen LogP contribution in [0.4, 0.5) is 0 Å². The minimum atomic E-state index is -0.671. The summed E-state index contributed by atoms with van der Waals surface area (Å²) >= 11 is 0. The summed E-state index contributed by atoms with van der Waals surface area (Å²) in [5, 5.41) is 21.9. The predicted molar refractivity (Wildman–Crippen MR) is 236 cm³/mol. The third kappa shape index (κ3) is 18.0. The third-order valence-electron chi connectivity index (χ3n) is 9.57. The molecule has 6 atom stereocenters. The number of hydrogen-bond donors (Lipinski definition) is 2. The van der Waals surface area contributed by atoms with E-state index in [9.17, 15) is 14.7 Å². The Morgan fingerprint density at radius 2 is 0.964 bits per heavy atom. The number of ether oxygens (including phenoxy) is 4. The van der Waals surface area contributed by atoms with E-state index in [1.165, 1.54) is 51.4 Å². The van der Waals surface area contributed by atoms with Crippen LogP contribution in [0.15, 0.2) is 84.9 Å². The quantitative estimate of drug-likeness (QED) is 0.134. The summed E-state index contributed by atoms with van der Waals surface area (Å²) in [6, 6.07) is 26.3. The van der Waals surface area contributed by atoms with E-state index >= 15 is 0 Å². The number of carbonyl (C=O) groups is 2. The number of hydrogen-bond acceptors (Lipinski definition) is 8. The number of benzene rings is 4. The van der Waals surface area contributed by atoms with Crippen LogP contribution < -0.4 is 0 Å². The highest BCUT2D eigenvalue weighted by molar-refractivity contribution is 6.16. The Morgan fingerprint density at radius 1 is 0.589 bits per heavy atom. The van der Waals surface area contributed by atoms with Gasteiger partial charge >= 0.3 is 11.9 Å². The number of esters is 2. The van der Waals surface area contributed by atoms with Crippen LogP contribution in [0.2, 0.25) is 0 Å². The second-order valence-electron chi connectivity index (χ2n) is 14.0. The van der Waals surface area contributed by atoms with Gasteiger partial charge in [-0.25, -0.2) is 9.59 Å². The van der Waals surface area contributed by atoms with Gasteiger partial charge in [-0.2, -0.15) is 0 Å². The zero-order chi connectivity index (χ0) is 37.9. The van der Waals surface area contributed by atoms with Crippen molar-refractivity contribution in [2.24, 2.45) is 11.8 Å². The van der Waals surface area contributed by atoms with Gasteiger partial charge < -0.3 is 29.2 Å². The van der Waals surface area contributed by atoms with Crippen LogP contribution in [0.3, 0.4) is 0 Å². The summed E-state index contributed by atoms with van der Waals surface area (Å²) in [4.78, 5) is 23.7. The minimum absolute atomic E-state index is 0. The van der Waals surface area contributed by atoms with Crippen LogP contribution in [0, 0.1) is 11.8 Å². The highest BCUT2D eigenvalue weighted by Crippen LogP contribution is 2.29. The Balaban J connectivity index is 0. The SMILES string of the molecule is C.C.C.C.CC(O)COC(=O)c1c2ccccc2cc2ccccc12.CC(O)COC(=O)c1ccccc1.COC1CCCCC1C.COC1CCCCC1C. The van der Waals surface area contributed by atoms with E-state index in [4.69, 9.17) is 24.1 Å². The molecule has 6 unspecified atom stereocenters. The Morgan fingerprint density at radius 3 is 1.34 bits per heavy atom. The molecule has 8 heteroatoms. The minimum Gasteiger partial charge on any atom is -0.459 e. The van der Waals surface area contributed by atoms with Crippen molar-refractivity contribution in [3.8, 4) is 0 Å². The molecule has 4 aromatic rings. The van der Waals surface area contributed by atoms with E-state index in [1.807, 2.05) is 68.8 Å². The Hall–Kier alpha value is -3.82. The van der Waals surface area contributed by atoms with Crippen molar-refractivity contribution < 1.29 is 38.7 Å². The highest BCUT2D eigenvalue weighted by Gasteiger charge is 2.21. The van der Waals surface area contributed by atoms with Gasteiger partial charge in [-0.05, 0) is 91.1 Å². The molecule has 2 aliphatic rings. The van der Waals surface area contributed by atoms with E-state index in [0.717, 1.165) is 33.4 Å². The molecule has 316 valence electrons. The summed E-state index contributed by atoms with van der Waals surface area (Å²) in [5.41, 5.74) is 1.06. The lowest BCUT2D eigenvalue weighted by molar-refractivity contribution is 0.0294. The first-order valence-electron chi connectivity index (χ1n) is 18.8. The molecule has 2 aliphatic carbocycles. The predicted octanol–water partition coefficient (Wildman–Crippen LogP) is 11.7. The van der Waals surface area contributed by atoms with E-state index in [1.54, 1.807) is 38.1 Å². The second kappa shape index (κ2) is 29.4. The van der Waals surface area contributed by atoms with E-state index in [0.29, 0.717) is 23.3 Å². The topological polar surface area (TPSA) is 112 Å². The van der Waals surface area contributed by atoms with Crippen LogP contribution in [-0.2, 0) is 18.9 Å². The summed E-state index contributed by atoms with van der Waals surface area (Å²) in [6.07, 6.45) is 10.6. The monoisotopic (exact) mass is 781 g/mol. The summed E-state index contributed by atoms with van der Waals surface area (Å²) in [6.45, 7) is 7.76. The molecular weight excluding hydrogens is 705 g/mol. The number of aliphatic hydroxyl groups is 2. The van der Waals surface area contributed by atoms with Gasteiger partial charge in [0.2, 0.25) is 0 Å². The van der Waals surface area contributed by atoms with Crippen molar-refractivity contribution in [1.82, 2.24) is 0 Å². The molecule has 0 bridgehead atoms. The number of fused-ring (bicyclic) bond motifs is 2. The van der Waals surface area contributed by atoms with Crippen molar-refractivity contribution >= 4 is 33.5 Å². The maximum absolute atomic E-state index is 12.4. The van der Waals surface area contributed by atoms with Crippen LogP contribution >= 0.6 is 0 Å². The van der Waals surface area contributed by atoms with Crippen LogP contribution in [-0.4, -0.2) is 74.0 Å². The van der Waals surface area contributed by atoms with Gasteiger partial charge in [-0.15, -0.1) is 0 Å². The van der Waals surface area contributed by atoms with Crippen molar-refractivity contribution in [2.45, 2.75) is 133 Å². The first-order valence-corrected chi connectivity index (χ1v) is 18.8. The molecule has 0 radical (unpaired) electrons. The van der Waals surface area contributed by atoms with E-state index in [2.05, 4.69) is 19.9 Å². The zero-order valence-corrected chi connectivity index (χ0v) is 32.0. The van der Waals surface area contributed by atoms with Crippen LogP contribution in [0.25, 0.3) is 21.5 Å². The van der Waals surface area contributed by atoms with Gasteiger partial charge in [0.05, 0.1) is 35.5 Å². The molecule has 6 rings (SSSR count). The summed E-state index contributed by atoms with van der Waals surface area (Å²) in [5.74, 6) is 0.790. The van der Waals surface area contributed by atoms with Gasteiger partial charge in [-0.1, -0.05) is 136 Å². The lowest BCUT2D eigenvalue weighted by Crippen LogP contribution is -2.23. The number of carbonyl (C=O) groups excluding carboxylic acids is 2. The number of rotatable bonds is 8. The Bertz CT molecular complexity index is 1540. The van der Waals surface area contributed by atoms with Gasteiger partial charge in [0.15, 0.2) is 0 Å². The molecule has 4 aromatic carbocycles. The average Bonchev–Trinajstić information content (AvgIpc) is 3.16. The molecule has 2 saturated carbocycles. The largest absolute Gasteiger partial charge is 0.459 e. The molecule has 0 heterocycles. The summed E-state index contributed by atoms with van der Waals surface area (Å²) in [7, 11) is 3.65. The second-order valence-corrected chi connectivity index (χ2v) is 14.0. The first-order chi connectivity index (χ1) is 25.0. The van der Waals surface area contributed by atoms with Crippen molar-refractivity contribution in [3.63, 3.8) is 0 Å². The maximum atomic E-state index is 12.4. The fourth-order valence-electron chi connectivity index (χ4n) is 6.62. The fourth-order valence-corrected chi connectivity index (χ4v) is 6.62. The van der Waals surface area contributed by atoms with Gasteiger partial charge in [-0.3, -0.25) is 0 Å². The Kier molecular flexibility index (Phi) is 28.5. The molecule has 0 saturated heterocycles. The van der Waals surface area contributed by atoms with Crippen molar-refractivity contribution in [1.29, 1.82) is 0 Å². The van der Waals surface area contributed by atoms with Crippen LogP contribution in [0.5, 0.6) is 0 Å². The average molecular weight is 781 g/mol. The normalized spacial score (nSPS) is 19.3. The van der Waals surface area contributed by atoms with E-state index < -0.39 is 24.1 Å². The molecular formula is C48H76O8. The van der Waals surface area contributed by atoms with Gasteiger partial charge in [0.1, 0.15) is 13.2 Å². The molecule has 2 fully saturated rings. The van der Waals surface area contributed by atoms with Crippen molar-refractivity contribution in [3.05, 3.63) is 96.1 Å². The van der Waals surface area contributed by atoms with Crippen LogP contribution in [0.1, 0.15) is 129 Å². The van der Waals surface area contributed by atoms with E-state index in [-0.39, 0.29) is 42.9 Å². The van der Waals surface area contributed by atoms with Gasteiger partial charge in [0, 0.05) is 14.2 Å². The molecule has 56 heavy (non-hydrogen) atoms. The smallest absolute Gasteiger partial charge is 0.339 e. The standard InChI is InChI=1S/C18H16O3.C10H12O3.2C8H16O.4CH4/c1-12(19)11-21-18(20)17-15-8-4-2-6-13(15)10-14-7-3-5-9-16(14)17;1-8(11)7-13-10(12)9-5-3-2-4-6-9;2*1-7-5-3-4-6-8(7)9-2;;;;/h2-10,12,19H,11H2,1H3;2-6,8,11H,7H2,1H3;2*7-8H,3-6H2,1-2H3;4*1H4. The number of aliphatic hydroxyl groups excluding tert-OH is 2. The highest BCUT2D eigenvalue weighted by atomic mass is 16.5. The number of methoxy groups -OCH3 is 2. The molecule has 0 aliphatic heterocycles. The Labute approximate surface area is 339 Å². The molecule has 0 spiro atoms. The first kappa shape index (κ1) is 54.3. The maximum Gasteiger partial charge on any atom is 0.339 e. The van der Waals surface area contributed by atoms with Crippen molar-refractivity contribution in [2.75, 3.05) is 27.4 Å². The zero-order valence-electron chi connectivity index (χ0n) is 32.0. The molecule has 0 aromatic heterocycles. The molecule has 0 amide bonds. The lowest BCUT2D eigenvalue weighted by atomic mass is 9.88. The molecule has 2 N–H and O–H groups in total. The summed E-state index contributed by atoms with van der Waals surface area (Å²) < 4.78 is 20.6. The lowest BCUT2D eigenvalue weighted by Gasteiger charge is -2.26.